The first kappa shape index (κ1) is 17.4. The third kappa shape index (κ3) is 3.97. The van der Waals surface area contributed by atoms with Crippen LogP contribution in [0.3, 0.4) is 0 Å². The SMILES string of the molecule is CCN(Cc1cccc(F)c1)C(=O)Cn1nc2n(c1=O)CCCCC2. The fraction of sp³-hybridized carbons (Fsp3) is 0.500. The second-order valence-electron chi connectivity index (χ2n) is 6.36. The maximum Gasteiger partial charge on any atom is 0.346 e. The lowest BCUT2D eigenvalue weighted by Crippen LogP contribution is -2.37. The Morgan fingerprint density at radius 1 is 1.32 bits per heavy atom. The molecule has 6 nitrogen and oxygen atoms in total. The average molecular weight is 346 g/mol. The Morgan fingerprint density at radius 3 is 2.92 bits per heavy atom. The van der Waals surface area contributed by atoms with Crippen LogP contribution in [0.1, 0.15) is 37.6 Å². The van der Waals surface area contributed by atoms with E-state index in [9.17, 15) is 14.0 Å². The summed E-state index contributed by atoms with van der Waals surface area (Å²) < 4.78 is 16.3. The monoisotopic (exact) mass is 346 g/mol. The van der Waals surface area contributed by atoms with Gasteiger partial charge in [-0.3, -0.25) is 9.36 Å². The highest BCUT2D eigenvalue weighted by Crippen LogP contribution is 2.11. The van der Waals surface area contributed by atoms with E-state index in [2.05, 4.69) is 5.10 Å². The van der Waals surface area contributed by atoms with E-state index in [1.807, 2.05) is 6.92 Å². The number of carbonyl (C=O) groups is 1. The van der Waals surface area contributed by atoms with Crippen molar-refractivity contribution in [3.05, 3.63) is 52.0 Å². The molecule has 0 aliphatic carbocycles. The zero-order valence-electron chi connectivity index (χ0n) is 14.4. The van der Waals surface area contributed by atoms with Gasteiger partial charge in [-0.15, -0.1) is 0 Å². The van der Waals surface area contributed by atoms with Crippen LogP contribution in [0.25, 0.3) is 0 Å². The van der Waals surface area contributed by atoms with E-state index < -0.39 is 0 Å². The lowest BCUT2D eigenvalue weighted by molar-refractivity contribution is -0.132. The number of fused-ring (bicyclic) bond motifs is 1. The zero-order valence-corrected chi connectivity index (χ0v) is 14.4. The first-order valence-corrected chi connectivity index (χ1v) is 8.77. The largest absolute Gasteiger partial charge is 0.346 e. The van der Waals surface area contributed by atoms with E-state index in [1.54, 1.807) is 21.6 Å². The molecule has 1 aliphatic rings. The number of likely N-dealkylation sites (N-methyl/N-ethyl adjacent to an activating group) is 1. The predicted molar refractivity (Wildman–Crippen MR) is 91.5 cm³/mol. The molecule has 3 rings (SSSR count). The van der Waals surface area contributed by atoms with E-state index >= 15 is 0 Å². The van der Waals surface area contributed by atoms with Crippen molar-refractivity contribution in [1.29, 1.82) is 0 Å². The summed E-state index contributed by atoms with van der Waals surface area (Å²) in [6.07, 6.45) is 3.86. The topological polar surface area (TPSA) is 60.1 Å². The smallest absolute Gasteiger partial charge is 0.337 e. The van der Waals surface area contributed by atoms with Gasteiger partial charge >= 0.3 is 5.69 Å². The van der Waals surface area contributed by atoms with Crippen LogP contribution in [0.15, 0.2) is 29.1 Å². The second kappa shape index (κ2) is 7.63. The molecule has 7 heteroatoms. The summed E-state index contributed by atoms with van der Waals surface area (Å²) in [6, 6.07) is 6.20. The molecule has 134 valence electrons. The van der Waals surface area contributed by atoms with E-state index in [4.69, 9.17) is 0 Å². The fourth-order valence-corrected chi connectivity index (χ4v) is 3.19. The molecular formula is C18H23FN4O2. The summed E-state index contributed by atoms with van der Waals surface area (Å²) in [5, 5.41) is 4.35. The number of carbonyl (C=O) groups excluding carboxylic acids is 1. The molecule has 1 amide bonds. The third-order valence-corrected chi connectivity index (χ3v) is 4.56. The van der Waals surface area contributed by atoms with Crippen molar-refractivity contribution in [2.45, 2.75) is 52.2 Å². The summed E-state index contributed by atoms with van der Waals surface area (Å²) in [4.78, 5) is 26.7. The molecule has 0 saturated heterocycles. The van der Waals surface area contributed by atoms with Gasteiger partial charge in [-0.1, -0.05) is 18.6 Å². The average Bonchev–Trinajstić information content (AvgIpc) is 2.77. The molecule has 25 heavy (non-hydrogen) atoms. The van der Waals surface area contributed by atoms with E-state index in [0.29, 0.717) is 19.6 Å². The normalized spacial score (nSPS) is 14.0. The molecule has 1 aromatic carbocycles. The van der Waals surface area contributed by atoms with Crippen LogP contribution >= 0.6 is 0 Å². The molecule has 0 unspecified atom stereocenters. The molecular weight excluding hydrogens is 323 g/mol. The number of hydrogen-bond acceptors (Lipinski definition) is 3. The summed E-state index contributed by atoms with van der Waals surface area (Å²) in [6.45, 7) is 3.25. The number of halogens is 1. The van der Waals surface area contributed by atoms with Crippen molar-refractivity contribution in [2.75, 3.05) is 6.54 Å². The number of aryl methyl sites for hydroxylation is 1. The predicted octanol–water partition coefficient (Wildman–Crippen LogP) is 1.96. The first-order valence-electron chi connectivity index (χ1n) is 8.77. The van der Waals surface area contributed by atoms with Crippen molar-refractivity contribution in [2.24, 2.45) is 0 Å². The van der Waals surface area contributed by atoms with Crippen LogP contribution in [0.2, 0.25) is 0 Å². The molecule has 0 N–H and O–H groups in total. The number of benzene rings is 1. The zero-order chi connectivity index (χ0) is 17.8. The van der Waals surface area contributed by atoms with Crippen molar-refractivity contribution in [1.82, 2.24) is 19.2 Å². The van der Waals surface area contributed by atoms with Gasteiger partial charge in [0.15, 0.2) is 0 Å². The molecule has 2 heterocycles. The number of nitrogens with zero attached hydrogens (tertiary/aromatic N) is 4. The number of hydrogen-bond donors (Lipinski definition) is 0. The highest BCUT2D eigenvalue weighted by molar-refractivity contribution is 5.75. The molecule has 0 spiro atoms. The summed E-state index contributed by atoms with van der Waals surface area (Å²) in [5.41, 5.74) is 0.509. The van der Waals surface area contributed by atoms with Crippen LogP contribution < -0.4 is 5.69 Å². The number of rotatable bonds is 5. The molecule has 0 atom stereocenters. The minimum atomic E-state index is -0.324. The quantitative estimate of drug-likeness (QED) is 0.831. The van der Waals surface area contributed by atoms with Crippen LogP contribution in [0, 0.1) is 5.82 Å². The van der Waals surface area contributed by atoms with Gasteiger partial charge in [0.25, 0.3) is 0 Å². The highest BCUT2D eigenvalue weighted by Gasteiger charge is 2.19. The molecule has 0 bridgehead atoms. The van der Waals surface area contributed by atoms with Gasteiger partial charge in [-0.2, -0.15) is 5.10 Å². The molecule has 0 radical (unpaired) electrons. The Balaban J connectivity index is 1.73. The van der Waals surface area contributed by atoms with E-state index in [-0.39, 0.29) is 24.0 Å². The minimum Gasteiger partial charge on any atom is -0.337 e. The number of amides is 1. The number of aromatic nitrogens is 3. The van der Waals surface area contributed by atoms with Gasteiger partial charge in [0.2, 0.25) is 5.91 Å². The van der Waals surface area contributed by atoms with E-state index in [1.165, 1.54) is 16.8 Å². The Kier molecular flexibility index (Phi) is 5.31. The minimum absolute atomic E-state index is 0.0814. The maximum atomic E-state index is 13.3. The van der Waals surface area contributed by atoms with Crippen molar-refractivity contribution in [3.63, 3.8) is 0 Å². The van der Waals surface area contributed by atoms with Crippen molar-refractivity contribution >= 4 is 5.91 Å². The lowest BCUT2D eigenvalue weighted by atomic mass is 10.2. The van der Waals surface area contributed by atoms with Gasteiger partial charge in [0.1, 0.15) is 18.2 Å². The highest BCUT2D eigenvalue weighted by atomic mass is 19.1. The Morgan fingerprint density at radius 2 is 2.16 bits per heavy atom. The van der Waals surface area contributed by atoms with Gasteiger partial charge in [0, 0.05) is 26.1 Å². The molecule has 1 aliphatic heterocycles. The standard InChI is InChI=1S/C18H23FN4O2/c1-2-21(12-14-7-6-8-15(19)11-14)17(24)13-23-18(25)22-10-5-3-4-9-16(22)20-23/h6-8,11H,2-5,9-10,12-13H2,1H3. The molecule has 0 saturated carbocycles. The lowest BCUT2D eigenvalue weighted by Gasteiger charge is -2.20. The second-order valence-corrected chi connectivity index (χ2v) is 6.36. The molecule has 1 aromatic heterocycles. The van der Waals surface area contributed by atoms with Crippen LogP contribution in [-0.2, 0) is 30.8 Å². The van der Waals surface area contributed by atoms with Gasteiger partial charge in [0.05, 0.1) is 0 Å². The van der Waals surface area contributed by atoms with E-state index in [0.717, 1.165) is 37.1 Å². The van der Waals surface area contributed by atoms with Crippen molar-refractivity contribution in [3.8, 4) is 0 Å². The van der Waals surface area contributed by atoms with Crippen molar-refractivity contribution < 1.29 is 9.18 Å². The van der Waals surface area contributed by atoms with Crippen LogP contribution in [0.4, 0.5) is 4.39 Å². The Labute approximate surface area is 145 Å². The van der Waals surface area contributed by atoms with Gasteiger partial charge in [-0.05, 0) is 37.5 Å². The summed E-state index contributed by atoms with van der Waals surface area (Å²) in [5.74, 6) is 0.251. The summed E-state index contributed by atoms with van der Waals surface area (Å²) >= 11 is 0. The Hall–Kier alpha value is -2.44. The fourth-order valence-electron chi connectivity index (χ4n) is 3.19. The summed E-state index contributed by atoms with van der Waals surface area (Å²) in [7, 11) is 0. The molecule has 0 fully saturated rings. The van der Waals surface area contributed by atoms with Crippen LogP contribution in [0.5, 0.6) is 0 Å². The van der Waals surface area contributed by atoms with Crippen LogP contribution in [-0.4, -0.2) is 31.7 Å². The first-order chi connectivity index (χ1) is 12.1. The Bertz CT molecular complexity index is 812. The van der Waals surface area contributed by atoms with Gasteiger partial charge < -0.3 is 4.90 Å². The third-order valence-electron chi connectivity index (χ3n) is 4.56. The maximum absolute atomic E-state index is 13.3. The van der Waals surface area contributed by atoms with Gasteiger partial charge in [-0.25, -0.2) is 13.9 Å². The molecule has 2 aromatic rings.